The minimum absolute atomic E-state index is 0.215. The van der Waals surface area contributed by atoms with E-state index in [1.54, 1.807) is 39.0 Å². The quantitative estimate of drug-likeness (QED) is 0.331. The Morgan fingerprint density at radius 3 is 2.20 bits per heavy atom. The van der Waals surface area contributed by atoms with Crippen molar-refractivity contribution in [2.45, 2.75) is 44.1 Å². The van der Waals surface area contributed by atoms with Gasteiger partial charge in [-0.05, 0) is 68.5 Å². The molecule has 1 aromatic carbocycles. The monoisotopic (exact) mass is 366 g/mol. The maximum atomic E-state index is 11.6. The summed E-state index contributed by atoms with van der Waals surface area (Å²) < 4.78 is 28.4. The summed E-state index contributed by atoms with van der Waals surface area (Å²) in [5.74, 6) is 0.616. The molecular formula is C19H26O5S. The summed E-state index contributed by atoms with van der Waals surface area (Å²) in [6.07, 6.45) is 4.47. The molecule has 0 aliphatic carbocycles. The van der Waals surface area contributed by atoms with Crippen molar-refractivity contribution < 1.29 is 23.1 Å². The van der Waals surface area contributed by atoms with E-state index in [9.17, 15) is 18.3 Å². The lowest BCUT2D eigenvalue weighted by atomic mass is 9.93. The highest BCUT2D eigenvalue weighted by atomic mass is 32.2. The van der Waals surface area contributed by atoms with Crippen LogP contribution in [0.2, 0.25) is 0 Å². The fraction of sp³-hybridized carbons (Fsp3) is 0.421. The van der Waals surface area contributed by atoms with Crippen LogP contribution >= 0.6 is 0 Å². The number of carbonyl (C=O) groups is 1. The Bertz CT molecular complexity index is 763. The van der Waals surface area contributed by atoms with Gasteiger partial charge in [-0.1, -0.05) is 12.1 Å². The zero-order valence-corrected chi connectivity index (χ0v) is 16.2. The van der Waals surface area contributed by atoms with E-state index in [1.807, 2.05) is 0 Å². The van der Waals surface area contributed by atoms with Crippen LogP contribution in [0.25, 0.3) is 5.57 Å². The molecule has 5 nitrogen and oxygen atoms in total. The van der Waals surface area contributed by atoms with E-state index < -0.39 is 15.4 Å². The lowest BCUT2D eigenvalue weighted by Gasteiger charge is -2.18. The first-order valence-corrected chi connectivity index (χ1v) is 9.80. The van der Waals surface area contributed by atoms with E-state index in [0.29, 0.717) is 35.3 Å². The Hall–Kier alpha value is -1.92. The number of carbonyl (C=O) groups excluding carboxylic acids is 1. The third kappa shape index (κ3) is 6.84. The normalized spacial score (nSPS) is 14.1. The lowest BCUT2D eigenvalue weighted by Crippen LogP contribution is -2.18. The second-order valence-corrected chi connectivity index (χ2v) is 8.64. The number of ether oxygens (including phenoxy) is 1. The lowest BCUT2D eigenvalue weighted by molar-refractivity contribution is -0.105. The van der Waals surface area contributed by atoms with Crippen molar-refractivity contribution in [2.75, 3.05) is 13.4 Å². The zero-order valence-electron chi connectivity index (χ0n) is 15.4. The molecule has 1 N–H and O–H groups in total. The Morgan fingerprint density at radius 2 is 1.80 bits per heavy atom. The molecule has 0 fully saturated rings. The van der Waals surface area contributed by atoms with Crippen LogP contribution in [0.5, 0.6) is 0 Å². The van der Waals surface area contributed by atoms with Crippen LogP contribution in [0.3, 0.4) is 0 Å². The van der Waals surface area contributed by atoms with Crippen LogP contribution in [0.4, 0.5) is 0 Å². The van der Waals surface area contributed by atoms with Crippen molar-refractivity contribution in [3.63, 3.8) is 0 Å². The molecular weight excluding hydrogens is 340 g/mol. The van der Waals surface area contributed by atoms with Crippen LogP contribution in [0.1, 0.15) is 39.2 Å². The van der Waals surface area contributed by atoms with Crippen molar-refractivity contribution >= 4 is 21.7 Å². The van der Waals surface area contributed by atoms with E-state index in [0.717, 1.165) is 12.5 Å². The molecule has 0 amide bonds. The fourth-order valence-corrected chi connectivity index (χ4v) is 2.83. The van der Waals surface area contributed by atoms with Gasteiger partial charge >= 0.3 is 0 Å². The molecule has 0 bridgehead atoms. The molecule has 0 aliphatic heterocycles. The molecule has 0 saturated carbocycles. The highest BCUT2D eigenvalue weighted by Crippen LogP contribution is 2.27. The first kappa shape index (κ1) is 21.1. The molecule has 25 heavy (non-hydrogen) atoms. The van der Waals surface area contributed by atoms with Gasteiger partial charge < -0.3 is 9.84 Å². The van der Waals surface area contributed by atoms with E-state index in [2.05, 4.69) is 0 Å². The van der Waals surface area contributed by atoms with Gasteiger partial charge in [0.05, 0.1) is 23.4 Å². The molecule has 0 aliphatic rings. The SMILES string of the molecule is CO/C(C)=C\C(=C(/C=O)CCC(C)(C)O)c1ccc(S(C)(=O)=O)cc1. The molecule has 138 valence electrons. The van der Waals surface area contributed by atoms with Crippen molar-refractivity contribution in [1.82, 2.24) is 0 Å². The highest BCUT2D eigenvalue weighted by molar-refractivity contribution is 7.90. The molecule has 1 rings (SSSR count). The van der Waals surface area contributed by atoms with Crippen molar-refractivity contribution in [2.24, 2.45) is 0 Å². The summed E-state index contributed by atoms with van der Waals surface area (Å²) in [6.45, 7) is 5.14. The number of rotatable bonds is 8. The Kier molecular flexibility index (Phi) is 7.14. The van der Waals surface area contributed by atoms with Crippen LogP contribution < -0.4 is 0 Å². The topological polar surface area (TPSA) is 80.7 Å². The first-order valence-electron chi connectivity index (χ1n) is 7.91. The third-order valence-corrected chi connectivity index (χ3v) is 4.89. The maximum absolute atomic E-state index is 11.6. The molecule has 6 heteroatoms. The third-order valence-electron chi connectivity index (χ3n) is 3.76. The first-order chi connectivity index (χ1) is 11.5. The molecule has 0 heterocycles. The molecule has 0 spiro atoms. The highest BCUT2D eigenvalue weighted by Gasteiger charge is 2.16. The van der Waals surface area contributed by atoms with Gasteiger partial charge in [0.15, 0.2) is 9.84 Å². The number of aliphatic hydroxyl groups is 1. The largest absolute Gasteiger partial charge is 0.501 e. The zero-order chi connectivity index (χ0) is 19.3. The Labute approximate surface area is 149 Å². The van der Waals surface area contributed by atoms with Gasteiger partial charge in [0, 0.05) is 6.26 Å². The van der Waals surface area contributed by atoms with E-state index in [4.69, 9.17) is 4.74 Å². The number of benzene rings is 1. The summed E-state index contributed by atoms with van der Waals surface area (Å²) in [5.41, 5.74) is 0.991. The summed E-state index contributed by atoms with van der Waals surface area (Å²) >= 11 is 0. The average molecular weight is 366 g/mol. The number of hydrogen-bond donors (Lipinski definition) is 1. The van der Waals surface area contributed by atoms with Gasteiger partial charge in [-0.15, -0.1) is 0 Å². The van der Waals surface area contributed by atoms with Gasteiger partial charge in [0.25, 0.3) is 0 Å². The summed E-state index contributed by atoms with van der Waals surface area (Å²) in [6, 6.07) is 6.36. The second-order valence-electron chi connectivity index (χ2n) is 6.62. The number of hydrogen-bond acceptors (Lipinski definition) is 5. The van der Waals surface area contributed by atoms with E-state index in [1.165, 1.54) is 19.2 Å². The fourth-order valence-electron chi connectivity index (χ4n) is 2.20. The van der Waals surface area contributed by atoms with E-state index in [-0.39, 0.29) is 4.90 Å². The molecule has 0 saturated heterocycles. The van der Waals surface area contributed by atoms with Crippen molar-refractivity contribution in [1.29, 1.82) is 0 Å². The van der Waals surface area contributed by atoms with Crippen LogP contribution in [0.15, 0.2) is 46.6 Å². The Balaban J connectivity index is 3.41. The summed E-state index contributed by atoms with van der Waals surface area (Å²) in [4.78, 5) is 11.8. The summed E-state index contributed by atoms with van der Waals surface area (Å²) in [7, 11) is -1.75. The van der Waals surface area contributed by atoms with E-state index >= 15 is 0 Å². The molecule has 0 radical (unpaired) electrons. The maximum Gasteiger partial charge on any atom is 0.175 e. The minimum atomic E-state index is -3.29. The minimum Gasteiger partial charge on any atom is -0.501 e. The Morgan fingerprint density at radius 1 is 1.24 bits per heavy atom. The average Bonchev–Trinajstić information content (AvgIpc) is 2.52. The predicted molar refractivity (Wildman–Crippen MR) is 98.8 cm³/mol. The standard InChI is InChI=1S/C19H26O5S/c1-14(24-4)12-18(16(13-20)10-11-19(2,3)21)15-6-8-17(9-7-15)25(5,22)23/h6-9,12-13,21H,10-11H2,1-5H3/b14-12-,18-16+. The molecule has 1 aromatic rings. The van der Waals surface area contributed by atoms with Gasteiger partial charge in [-0.2, -0.15) is 0 Å². The molecule has 0 atom stereocenters. The van der Waals surface area contributed by atoms with Gasteiger partial charge in [-0.3, -0.25) is 4.79 Å². The van der Waals surface area contributed by atoms with Gasteiger partial charge in [0.1, 0.15) is 6.29 Å². The van der Waals surface area contributed by atoms with Crippen LogP contribution in [-0.2, 0) is 19.4 Å². The van der Waals surface area contributed by atoms with Crippen LogP contribution in [-0.4, -0.2) is 38.8 Å². The van der Waals surface area contributed by atoms with Crippen LogP contribution in [0, 0.1) is 0 Å². The van der Waals surface area contributed by atoms with Crippen molar-refractivity contribution in [3.8, 4) is 0 Å². The van der Waals surface area contributed by atoms with Crippen molar-refractivity contribution in [3.05, 3.63) is 47.2 Å². The molecule has 0 unspecified atom stereocenters. The van der Waals surface area contributed by atoms with Gasteiger partial charge in [0.2, 0.25) is 0 Å². The van der Waals surface area contributed by atoms with Gasteiger partial charge in [-0.25, -0.2) is 8.42 Å². The number of aldehydes is 1. The molecule has 0 aromatic heterocycles. The smallest absolute Gasteiger partial charge is 0.175 e. The number of sulfone groups is 1. The number of methoxy groups -OCH3 is 1. The second kappa shape index (κ2) is 8.45. The summed E-state index contributed by atoms with van der Waals surface area (Å²) in [5, 5.41) is 9.92. The predicted octanol–water partition coefficient (Wildman–Crippen LogP) is 3.14. The number of allylic oxidation sites excluding steroid dienone is 4.